The number of carbonyl (C=O) groups excluding carboxylic acids is 2. The van der Waals surface area contributed by atoms with Gasteiger partial charge in [-0.15, -0.1) is 0 Å². The molecular weight excluding hydrogens is 432 g/mol. The molecule has 4 aromatic carbocycles. The molecule has 0 spiro atoms. The molecule has 0 saturated heterocycles. The van der Waals surface area contributed by atoms with Gasteiger partial charge in [-0.05, 0) is 65.4 Å². The first kappa shape index (κ1) is 23.7. The Labute approximate surface area is 206 Å². The van der Waals surface area contributed by atoms with Gasteiger partial charge in [-0.1, -0.05) is 91.5 Å². The van der Waals surface area contributed by atoms with Crippen LogP contribution < -0.4 is 4.74 Å². The number of ketones is 1. The highest BCUT2D eigenvalue weighted by atomic mass is 16.5. The summed E-state index contributed by atoms with van der Waals surface area (Å²) in [5.41, 5.74) is 7.09. The van der Waals surface area contributed by atoms with Crippen LogP contribution in [0.5, 0.6) is 5.75 Å². The summed E-state index contributed by atoms with van der Waals surface area (Å²) in [5.74, 6) is -0.198. The first-order valence-corrected chi connectivity index (χ1v) is 11.4. The van der Waals surface area contributed by atoms with Gasteiger partial charge in [0.25, 0.3) is 0 Å². The zero-order valence-electron chi connectivity index (χ0n) is 19.8. The lowest BCUT2D eigenvalue weighted by molar-refractivity contribution is -0.128. The first-order valence-electron chi connectivity index (χ1n) is 11.4. The molecule has 4 rings (SSSR count). The molecule has 0 aliphatic rings. The third-order valence-corrected chi connectivity index (χ3v) is 5.77. The van der Waals surface area contributed by atoms with Gasteiger partial charge in [0.05, 0.1) is 0 Å². The summed E-state index contributed by atoms with van der Waals surface area (Å²) in [5, 5.41) is 0. The molecule has 0 saturated carbocycles. The van der Waals surface area contributed by atoms with Crippen molar-refractivity contribution >= 4 is 23.4 Å². The lowest BCUT2D eigenvalue weighted by Gasteiger charge is -2.12. The average Bonchev–Trinajstić information content (AvgIpc) is 2.88. The number of ether oxygens (including phenoxy) is 1. The van der Waals surface area contributed by atoms with Crippen molar-refractivity contribution in [3.8, 4) is 5.75 Å². The van der Waals surface area contributed by atoms with Gasteiger partial charge in [0.1, 0.15) is 5.75 Å². The predicted molar refractivity (Wildman–Crippen MR) is 141 cm³/mol. The van der Waals surface area contributed by atoms with Gasteiger partial charge in [0.15, 0.2) is 5.78 Å². The third kappa shape index (κ3) is 5.53. The molecule has 3 heteroatoms. The quantitative estimate of drug-likeness (QED) is 0.0966. The van der Waals surface area contributed by atoms with Crippen LogP contribution in [-0.2, 0) is 4.79 Å². The second kappa shape index (κ2) is 10.6. The Balaban J connectivity index is 1.64. The molecule has 172 valence electrons. The normalized spacial score (nSPS) is 10.3. The molecule has 0 unspecified atom stereocenters. The summed E-state index contributed by atoms with van der Waals surface area (Å²) < 4.78 is 5.22. The molecule has 0 aromatic heterocycles. The molecule has 35 heavy (non-hydrogen) atoms. The van der Waals surface area contributed by atoms with E-state index in [1.807, 2.05) is 74.5 Å². The zero-order chi connectivity index (χ0) is 24.8. The first-order chi connectivity index (χ1) is 17.0. The van der Waals surface area contributed by atoms with E-state index in [1.165, 1.54) is 0 Å². The Bertz CT molecular complexity index is 1330. The molecule has 0 N–H and O–H groups in total. The van der Waals surface area contributed by atoms with Crippen molar-refractivity contribution in [3.05, 3.63) is 149 Å². The van der Waals surface area contributed by atoms with E-state index in [0.717, 1.165) is 39.5 Å². The fourth-order valence-corrected chi connectivity index (χ4v) is 4.11. The van der Waals surface area contributed by atoms with Crippen LogP contribution in [0.4, 0.5) is 0 Å². The van der Waals surface area contributed by atoms with Crippen molar-refractivity contribution in [2.24, 2.45) is 0 Å². The summed E-state index contributed by atoms with van der Waals surface area (Å²) in [6.07, 6.45) is 3.25. The van der Waals surface area contributed by atoms with Crippen molar-refractivity contribution in [2.45, 2.75) is 13.8 Å². The SMILES string of the molecule is C=CC(=O)Oc1cc(C)c(C(=O)c2ccc(C=C(c3ccccc3)c3ccccc3)cc2)c(C)c1. The van der Waals surface area contributed by atoms with Gasteiger partial charge in [-0.2, -0.15) is 0 Å². The Morgan fingerprint density at radius 1 is 0.714 bits per heavy atom. The highest BCUT2D eigenvalue weighted by Crippen LogP contribution is 2.27. The van der Waals surface area contributed by atoms with E-state index in [-0.39, 0.29) is 5.78 Å². The van der Waals surface area contributed by atoms with Crippen LogP contribution in [0.15, 0.2) is 110 Å². The van der Waals surface area contributed by atoms with Gasteiger partial charge in [-0.3, -0.25) is 4.79 Å². The number of hydrogen-bond donors (Lipinski definition) is 0. The van der Waals surface area contributed by atoms with Crippen LogP contribution in [0.2, 0.25) is 0 Å². The fourth-order valence-electron chi connectivity index (χ4n) is 4.11. The summed E-state index contributed by atoms with van der Waals surface area (Å²) in [6, 6.07) is 31.5. The predicted octanol–water partition coefficient (Wildman–Crippen LogP) is 7.21. The largest absolute Gasteiger partial charge is 0.423 e. The van der Waals surface area contributed by atoms with Gasteiger partial charge >= 0.3 is 5.97 Å². The molecule has 3 nitrogen and oxygen atoms in total. The smallest absolute Gasteiger partial charge is 0.335 e. The number of hydrogen-bond acceptors (Lipinski definition) is 3. The number of carbonyl (C=O) groups is 2. The number of aryl methyl sites for hydroxylation is 2. The molecule has 0 amide bonds. The monoisotopic (exact) mass is 458 g/mol. The number of benzene rings is 4. The zero-order valence-corrected chi connectivity index (χ0v) is 19.8. The van der Waals surface area contributed by atoms with Crippen molar-refractivity contribution < 1.29 is 14.3 Å². The Hall–Kier alpha value is -4.50. The maximum absolute atomic E-state index is 13.3. The van der Waals surface area contributed by atoms with E-state index in [9.17, 15) is 9.59 Å². The highest BCUT2D eigenvalue weighted by Gasteiger charge is 2.17. The van der Waals surface area contributed by atoms with Crippen LogP contribution in [0, 0.1) is 13.8 Å². The molecule has 0 atom stereocenters. The van der Waals surface area contributed by atoms with Crippen LogP contribution in [-0.4, -0.2) is 11.8 Å². The maximum atomic E-state index is 13.3. The molecule has 0 bridgehead atoms. The van der Waals surface area contributed by atoms with E-state index < -0.39 is 5.97 Å². The summed E-state index contributed by atoms with van der Waals surface area (Å²) in [6.45, 7) is 7.10. The molecule has 0 fully saturated rings. The van der Waals surface area contributed by atoms with Crippen LogP contribution in [0.25, 0.3) is 11.6 Å². The second-order valence-electron chi connectivity index (χ2n) is 8.30. The van der Waals surface area contributed by atoms with Crippen molar-refractivity contribution in [1.29, 1.82) is 0 Å². The minimum atomic E-state index is -0.531. The molecular formula is C32H26O3. The summed E-state index contributed by atoms with van der Waals surface area (Å²) >= 11 is 0. The minimum Gasteiger partial charge on any atom is -0.423 e. The lowest BCUT2D eigenvalue weighted by Crippen LogP contribution is -2.09. The second-order valence-corrected chi connectivity index (χ2v) is 8.30. The third-order valence-electron chi connectivity index (χ3n) is 5.77. The Kier molecular flexibility index (Phi) is 7.18. The Morgan fingerprint density at radius 2 is 1.23 bits per heavy atom. The van der Waals surface area contributed by atoms with Crippen molar-refractivity contribution in [3.63, 3.8) is 0 Å². The minimum absolute atomic E-state index is 0.0662. The van der Waals surface area contributed by atoms with Gasteiger partial charge in [0.2, 0.25) is 0 Å². The van der Waals surface area contributed by atoms with Crippen LogP contribution >= 0.6 is 0 Å². The van der Waals surface area contributed by atoms with Crippen LogP contribution in [0.1, 0.15) is 43.7 Å². The Morgan fingerprint density at radius 3 is 1.71 bits per heavy atom. The summed E-state index contributed by atoms with van der Waals surface area (Å²) in [4.78, 5) is 24.8. The molecule has 0 heterocycles. The lowest BCUT2D eigenvalue weighted by atomic mass is 9.93. The van der Waals surface area contributed by atoms with E-state index >= 15 is 0 Å². The van der Waals surface area contributed by atoms with Gasteiger partial charge in [-0.25, -0.2) is 4.79 Å². The molecule has 0 radical (unpaired) electrons. The molecule has 0 aliphatic heterocycles. The van der Waals surface area contributed by atoms with E-state index in [0.29, 0.717) is 16.9 Å². The highest BCUT2D eigenvalue weighted by molar-refractivity contribution is 6.11. The van der Waals surface area contributed by atoms with Crippen LogP contribution in [0.3, 0.4) is 0 Å². The van der Waals surface area contributed by atoms with Gasteiger partial charge < -0.3 is 4.74 Å². The van der Waals surface area contributed by atoms with E-state index in [4.69, 9.17) is 4.74 Å². The average molecular weight is 459 g/mol. The molecule has 4 aromatic rings. The number of rotatable bonds is 7. The number of esters is 1. The van der Waals surface area contributed by atoms with Crippen molar-refractivity contribution in [2.75, 3.05) is 0 Å². The standard InChI is InChI=1S/C32H26O3/c1-4-30(33)35-28-19-22(2)31(23(3)20-28)32(34)27-17-15-24(16-18-27)21-29(25-11-7-5-8-12-25)26-13-9-6-10-14-26/h4-21H,1H2,2-3H3. The molecule has 0 aliphatic carbocycles. The van der Waals surface area contributed by atoms with Gasteiger partial charge in [0, 0.05) is 17.2 Å². The maximum Gasteiger partial charge on any atom is 0.335 e. The topological polar surface area (TPSA) is 43.4 Å². The van der Waals surface area contributed by atoms with Crippen molar-refractivity contribution in [1.82, 2.24) is 0 Å². The van der Waals surface area contributed by atoms with E-state index in [1.54, 1.807) is 12.1 Å². The summed E-state index contributed by atoms with van der Waals surface area (Å²) in [7, 11) is 0. The fraction of sp³-hybridized carbons (Fsp3) is 0.0625. The van der Waals surface area contributed by atoms with E-state index in [2.05, 4.69) is 36.9 Å².